The molecule has 0 aromatic heterocycles. The van der Waals surface area contributed by atoms with Crippen LogP contribution in [0.25, 0.3) is 0 Å². The van der Waals surface area contributed by atoms with Gasteiger partial charge < -0.3 is 15.2 Å². The first kappa shape index (κ1) is 13.4. The monoisotopic (exact) mass is 249 g/mol. The van der Waals surface area contributed by atoms with E-state index in [1.54, 1.807) is 7.11 Å². The van der Waals surface area contributed by atoms with E-state index in [1.165, 1.54) is 12.8 Å². The third-order valence-corrected chi connectivity index (χ3v) is 3.94. The molecule has 1 aromatic rings. The first-order chi connectivity index (χ1) is 8.74. The lowest BCUT2D eigenvalue weighted by molar-refractivity contribution is 0.0977. The van der Waals surface area contributed by atoms with Gasteiger partial charge in [-0.3, -0.25) is 0 Å². The minimum Gasteiger partial charge on any atom is -0.497 e. The molecule has 1 aromatic carbocycles. The van der Waals surface area contributed by atoms with E-state index in [4.69, 9.17) is 4.74 Å². The predicted octanol–water partition coefficient (Wildman–Crippen LogP) is 2.51. The third kappa shape index (κ3) is 3.03. The molecule has 3 heteroatoms. The molecule has 1 saturated heterocycles. The van der Waals surface area contributed by atoms with Gasteiger partial charge in [-0.15, -0.1) is 0 Å². The van der Waals surface area contributed by atoms with Crippen LogP contribution in [-0.4, -0.2) is 24.8 Å². The average Bonchev–Trinajstić information content (AvgIpc) is 2.46. The number of aliphatic hydroxyl groups is 1. The molecule has 1 heterocycles. The van der Waals surface area contributed by atoms with Gasteiger partial charge in [0, 0.05) is 6.04 Å². The Balaban J connectivity index is 2.07. The summed E-state index contributed by atoms with van der Waals surface area (Å²) in [5, 5.41) is 13.9. The predicted molar refractivity (Wildman–Crippen MR) is 72.8 cm³/mol. The number of rotatable bonds is 4. The third-order valence-electron chi connectivity index (χ3n) is 3.94. The average molecular weight is 249 g/mol. The molecule has 0 bridgehead atoms. The van der Waals surface area contributed by atoms with Gasteiger partial charge in [0.05, 0.1) is 13.2 Å². The fourth-order valence-corrected chi connectivity index (χ4v) is 2.70. The number of methoxy groups -OCH3 is 1. The van der Waals surface area contributed by atoms with Crippen LogP contribution in [0.5, 0.6) is 5.75 Å². The van der Waals surface area contributed by atoms with Gasteiger partial charge in [-0.2, -0.15) is 0 Å². The van der Waals surface area contributed by atoms with Crippen LogP contribution in [0.15, 0.2) is 24.3 Å². The van der Waals surface area contributed by atoms with Crippen molar-refractivity contribution in [3.63, 3.8) is 0 Å². The Morgan fingerprint density at radius 2 is 2.33 bits per heavy atom. The van der Waals surface area contributed by atoms with E-state index in [-0.39, 0.29) is 6.04 Å². The van der Waals surface area contributed by atoms with Gasteiger partial charge >= 0.3 is 0 Å². The summed E-state index contributed by atoms with van der Waals surface area (Å²) in [5.74, 6) is 1.53. The maximum atomic E-state index is 10.5. The highest BCUT2D eigenvalue weighted by Gasteiger charge is 2.27. The summed E-state index contributed by atoms with van der Waals surface area (Å²) >= 11 is 0. The Kier molecular flexibility index (Phi) is 4.61. The van der Waals surface area contributed by atoms with Crippen LogP contribution in [0.2, 0.25) is 0 Å². The number of nitrogens with one attached hydrogen (secondary N) is 1. The van der Waals surface area contributed by atoms with Crippen molar-refractivity contribution >= 4 is 0 Å². The van der Waals surface area contributed by atoms with Crippen molar-refractivity contribution in [3.8, 4) is 5.75 Å². The van der Waals surface area contributed by atoms with E-state index in [0.717, 1.165) is 30.2 Å². The van der Waals surface area contributed by atoms with E-state index in [0.29, 0.717) is 0 Å². The lowest BCUT2D eigenvalue weighted by Crippen LogP contribution is -2.42. The van der Waals surface area contributed by atoms with Gasteiger partial charge in [0.2, 0.25) is 0 Å². The first-order valence-electron chi connectivity index (χ1n) is 6.80. The maximum absolute atomic E-state index is 10.5. The molecule has 0 amide bonds. The normalized spacial score (nSPS) is 25.7. The van der Waals surface area contributed by atoms with Crippen molar-refractivity contribution in [1.29, 1.82) is 0 Å². The smallest absolute Gasteiger partial charge is 0.119 e. The zero-order valence-electron chi connectivity index (χ0n) is 11.2. The number of ether oxygens (including phenoxy) is 1. The molecule has 1 fully saturated rings. The molecule has 0 saturated carbocycles. The minimum atomic E-state index is -0.450. The second-order valence-electron chi connectivity index (χ2n) is 5.08. The van der Waals surface area contributed by atoms with Crippen molar-refractivity contribution in [2.45, 2.75) is 38.3 Å². The SMILES string of the molecule is CCC1CCNC(C(O)c2cccc(OC)c2)C1. The number of piperidine rings is 1. The quantitative estimate of drug-likeness (QED) is 0.861. The molecular weight excluding hydrogens is 226 g/mol. The molecular formula is C15H23NO2. The van der Waals surface area contributed by atoms with Crippen molar-refractivity contribution in [1.82, 2.24) is 5.32 Å². The maximum Gasteiger partial charge on any atom is 0.119 e. The molecule has 100 valence electrons. The summed E-state index contributed by atoms with van der Waals surface area (Å²) in [6, 6.07) is 7.87. The summed E-state index contributed by atoms with van der Waals surface area (Å²) in [7, 11) is 1.65. The molecule has 2 rings (SSSR count). The summed E-state index contributed by atoms with van der Waals surface area (Å²) in [6.45, 7) is 3.23. The second-order valence-corrected chi connectivity index (χ2v) is 5.08. The molecule has 1 aliphatic heterocycles. The summed E-state index contributed by atoms with van der Waals surface area (Å²) in [6.07, 6.45) is 3.02. The lowest BCUT2D eigenvalue weighted by atomic mass is 9.86. The Labute approximate surface area is 109 Å². The van der Waals surface area contributed by atoms with Crippen molar-refractivity contribution < 1.29 is 9.84 Å². The number of hydrogen-bond donors (Lipinski definition) is 2. The van der Waals surface area contributed by atoms with Crippen LogP contribution in [0.4, 0.5) is 0 Å². The van der Waals surface area contributed by atoms with Crippen LogP contribution in [-0.2, 0) is 0 Å². The van der Waals surface area contributed by atoms with E-state index in [2.05, 4.69) is 12.2 Å². The van der Waals surface area contributed by atoms with Crippen molar-refractivity contribution in [2.24, 2.45) is 5.92 Å². The van der Waals surface area contributed by atoms with E-state index < -0.39 is 6.10 Å². The van der Waals surface area contributed by atoms with Crippen LogP contribution < -0.4 is 10.1 Å². The van der Waals surface area contributed by atoms with Crippen LogP contribution in [0.1, 0.15) is 37.9 Å². The zero-order chi connectivity index (χ0) is 13.0. The Morgan fingerprint density at radius 3 is 3.06 bits per heavy atom. The second kappa shape index (κ2) is 6.21. The number of aliphatic hydroxyl groups excluding tert-OH is 1. The zero-order valence-corrected chi connectivity index (χ0v) is 11.2. The lowest BCUT2D eigenvalue weighted by Gasteiger charge is -2.33. The topological polar surface area (TPSA) is 41.5 Å². The highest BCUT2D eigenvalue weighted by atomic mass is 16.5. The molecule has 0 spiro atoms. The molecule has 2 N–H and O–H groups in total. The fraction of sp³-hybridized carbons (Fsp3) is 0.600. The van der Waals surface area contributed by atoms with Gasteiger partial charge in [0.25, 0.3) is 0 Å². The van der Waals surface area contributed by atoms with Crippen molar-refractivity contribution in [3.05, 3.63) is 29.8 Å². The first-order valence-corrected chi connectivity index (χ1v) is 6.80. The van der Waals surface area contributed by atoms with Crippen LogP contribution in [0, 0.1) is 5.92 Å². The van der Waals surface area contributed by atoms with Gasteiger partial charge in [-0.25, -0.2) is 0 Å². The van der Waals surface area contributed by atoms with E-state index in [1.807, 2.05) is 24.3 Å². The van der Waals surface area contributed by atoms with Gasteiger partial charge in [0.15, 0.2) is 0 Å². The number of benzene rings is 1. The van der Waals surface area contributed by atoms with E-state index in [9.17, 15) is 5.11 Å². The molecule has 1 aliphatic rings. The van der Waals surface area contributed by atoms with E-state index >= 15 is 0 Å². The summed E-state index contributed by atoms with van der Waals surface area (Å²) in [5.41, 5.74) is 0.934. The number of hydrogen-bond acceptors (Lipinski definition) is 3. The molecule has 3 nitrogen and oxygen atoms in total. The van der Waals surface area contributed by atoms with Crippen LogP contribution >= 0.6 is 0 Å². The standard InChI is InChI=1S/C15H23NO2/c1-3-11-7-8-16-14(9-11)15(17)12-5-4-6-13(10-12)18-2/h4-6,10-11,14-17H,3,7-9H2,1-2H3. The molecule has 0 aliphatic carbocycles. The minimum absolute atomic E-state index is 0.163. The fourth-order valence-electron chi connectivity index (χ4n) is 2.70. The van der Waals surface area contributed by atoms with Gasteiger partial charge in [-0.1, -0.05) is 25.5 Å². The Bertz CT molecular complexity index is 381. The molecule has 0 radical (unpaired) electrons. The highest BCUT2D eigenvalue weighted by molar-refractivity contribution is 5.30. The summed E-state index contributed by atoms with van der Waals surface area (Å²) in [4.78, 5) is 0. The highest BCUT2D eigenvalue weighted by Crippen LogP contribution is 2.29. The van der Waals surface area contributed by atoms with Crippen molar-refractivity contribution in [2.75, 3.05) is 13.7 Å². The Morgan fingerprint density at radius 1 is 1.50 bits per heavy atom. The Hall–Kier alpha value is -1.06. The van der Waals surface area contributed by atoms with Gasteiger partial charge in [0.1, 0.15) is 5.75 Å². The molecule has 3 atom stereocenters. The molecule has 3 unspecified atom stereocenters. The van der Waals surface area contributed by atoms with Gasteiger partial charge in [-0.05, 0) is 43.0 Å². The largest absolute Gasteiger partial charge is 0.497 e. The van der Waals surface area contributed by atoms with Crippen LogP contribution in [0.3, 0.4) is 0 Å². The summed E-state index contributed by atoms with van der Waals surface area (Å²) < 4.78 is 5.20. The molecule has 18 heavy (non-hydrogen) atoms.